The van der Waals surface area contributed by atoms with E-state index in [1.54, 1.807) is 31.2 Å². The molecule has 0 aliphatic rings. The molecule has 0 saturated carbocycles. The molecule has 4 aromatic rings. The monoisotopic (exact) mass is 432 g/mol. The fourth-order valence-corrected chi connectivity index (χ4v) is 3.11. The van der Waals surface area contributed by atoms with Gasteiger partial charge in [-0.05, 0) is 43.3 Å². The molecular weight excluding hydrogens is 419 g/mol. The number of hydrogen-bond acceptors (Lipinski definition) is 8. The quantitative estimate of drug-likeness (QED) is 0.361. The molecule has 0 N–H and O–H groups in total. The highest BCUT2D eigenvalue weighted by atomic mass is 35.5. The molecule has 1 atom stereocenters. The van der Waals surface area contributed by atoms with Crippen molar-refractivity contribution in [3.05, 3.63) is 71.2 Å². The molecule has 2 aromatic heterocycles. The molecule has 0 spiro atoms. The minimum Gasteiger partial charge on any atom is -0.478 e. The van der Waals surface area contributed by atoms with Crippen LogP contribution in [0.1, 0.15) is 24.8 Å². The average molecular weight is 433 g/mol. The number of hydrogen-bond donors (Lipinski definition) is 0. The molecule has 10 heteroatoms. The van der Waals surface area contributed by atoms with Gasteiger partial charge in [-0.25, -0.2) is 4.39 Å². The molecule has 0 fully saturated rings. The summed E-state index contributed by atoms with van der Waals surface area (Å²) in [4.78, 5) is 4.33. The highest BCUT2D eigenvalue weighted by Crippen LogP contribution is 2.27. The van der Waals surface area contributed by atoms with Crippen molar-refractivity contribution < 1.29 is 18.1 Å². The fourth-order valence-electron chi connectivity index (χ4n) is 2.38. The summed E-state index contributed by atoms with van der Waals surface area (Å²) < 4.78 is 30.1. The Balaban J connectivity index is 1.36. The third kappa shape index (κ3) is 4.75. The molecule has 4 rings (SSSR count). The Kier molecular flexibility index (Phi) is 5.77. The number of aromatic nitrogens is 4. The van der Waals surface area contributed by atoms with Crippen LogP contribution in [0.3, 0.4) is 0 Å². The van der Waals surface area contributed by atoms with Crippen molar-refractivity contribution in [1.82, 2.24) is 20.3 Å². The lowest BCUT2D eigenvalue weighted by Crippen LogP contribution is -2.04. The van der Waals surface area contributed by atoms with Crippen molar-refractivity contribution in [2.24, 2.45) is 0 Å². The Bertz CT molecular complexity index is 1100. The largest absolute Gasteiger partial charge is 0.478 e. The molecule has 0 radical (unpaired) electrons. The zero-order chi connectivity index (χ0) is 20.2. The second kappa shape index (κ2) is 8.62. The van der Waals surface area contributed by atoms with Crippen LogP contribution < -0.4 is 4.74 Å². The van der Waals surface area contributed by atoms with Gasteiger partial charge in [0.05, 0.1) is 5.75 Å². The summed E-state index contributed by atoms with van der Waals surface area (Å²) in [7, 11) is 0. The molecule has 0 saturated heterocycles. The van der Waals surface area contributed by atoms with E-state index in [0.29, 0.717) is 27.7 Å². The van der Waals surface area contributed by atoms with Crippen molar-refractivity contribution >= 4 is 23.4 Å². The molecule has 29 heavy (non-hydrogen) atoms. The smallest absolute Gasteiger partial charge is 0.277 e. The van der Waals surface area contributed by atoms with E-state index < -0.39 is 11.9 Å². The summed E-state index contributed by atoms with van der Waals surface area (Å²) in [6, 6.07) is 13.3. The molecule has 1 unspecified atom stereocenters. The van der Waals surface area contributed by atoms with Crippen LogP contribution >= 0.6 is 23.4 Å². The summed E-state index contributed by atoms with van der Waals surface area (Å²) >= 11 is 7.13. The molecule has 2 heterocycles. The number of nitrogens with zero attached hydrogens (tertiary/aromatic N) is 4. The SMILES string of the molecule is CC(Oc1ccccc1F)c1nnc(SCc2nc(-c3ccc(Cl)cc3)no2)o1. The van der Waals surface area contributed by atoms with Gasteiger partial charge in [0.1, 0.15) is 0 Å². The first-order valence-corrected chi connectivity index (χ1v) is 9.91. The second-order valence-corrected chi connectivity index (χ2v) is 7.27. The van der Waals surface area contributed by atoms with Crippen LogP contribution in [0.2, 0.25) is 5.02 Å². The van der Waals surface area contributed by atoms with E-state index in [1.165, 1.54) is 23.9 Å². The van der Waals surface area contributed by atoms with Gasteiger partial charge in [-0.15, -0.1) is 10.2 Å². The Labute approximate surface area is 174 Å². The number of benzene rings is 2. The van der Waals surface area contributed by atoms with Gasteiger partial charge in [-0.2, -0.15) is 4.98 Å². The zero-order valence-corrected chi connectivity index (χ0v) is 16.7. The number of para-hydroxylation sites is 1. The molecular formula is C19H14ClFN4O3S. The van der Waals surface area contributed by atoms with Crippen molar-refractivity contribution in [3.63, 3.8) is 0 Å². The molecule has 0 amide bonds. The van der Waals surface area contributed by atoms with Crippen LogP contribution in [0.4, 0.5) is 4.39 Å². The van der Waals surface area contributed by atoms with Crippen LogP contribution in [0, 0.1) is 5.82 Å². The third-order valence-corrected chi connectivity index (χ3v) is 4.86. The standard InChI is InChI=1S/C19H14ClFN4O3S/c1-11(26-15-5-3-2-4-14(15)21)18-23-24-19(27-18)29-10-16-22-17(25-28-16)12-6-8-13(20)9-7-12/h2-9,11H,10H2,1H3. The molecule has 2 aromatic carbocycles. The van der Waals surface area contributed by atoms with Crippen molar-refractivity contribution in [2.75, 3.05) is 0 Å². The van der Waals surface area contributed by atoms with E-state index in [4.69, 9.17) is 25.3 Å². The van der Waals surface area contributed by atoms with Crippen LogP contribution in [0.15, 0.2) is 62.7 Å². The highest BCUT2D eigenvalue weighted by Gasteiger charge is 2.18. The van der Waals surface area contributed by atoms with E-state index in [2.05, 4.69) is 20.3 Å². The van der Waals surface area contributed by atoms with Crippen LogP contribution in [0.5, 0.6) is 5.75 Å². The van der Waals surface area contributed by atoms with Gasteiger partial charge in [0.15, 0.2) is 17.7 Å². The summed E-state index contributed by atoms with van der Waals surface area (Å²) in [5.41, 5.74) is 0.800. The maximum atomic E-state index is 13.7. The maximum Gasteiger partial charge on any atom is 0.277 e. The van der Waals surface area contributed by atoms with Gasteiger partial charge in [0.2, 0.25) is 11.7 Å². The normalized spacial score (nSPS) is 12.1. The highest BCUT2D eigenvalue weighted by molar-refractivity contribution is 7.98. The average Bonchev–Trinajstić information content (AvgIpc) is 3.38. The lowest BCUT2D eigenvalue weighted by atomic mass is 10.2. The first-order chi connectivity index (χ1) is 14.1. The Morgan fingerprint density at radius 1 is 1.14 bits per heavy atom. The van der Waals surface area contributed by atoms with E-state index in [-0.39, 0.29) is 11.6 Å². The summed E-state index contributed by atoms with van der Waals surface area (Å²) in [5, 5.41) is 12.8. The van der Waals surface area contributed by atoms with Crippen molar-refractivity contribution in [2.45, 2.75) is 24.0 Å². The van der Waals surface area contributed by atoms with E-state index >= 15 is 0 Å². The predicted octanol–water partition coefficient (Wildman–Crippen LogP) is 5.34. The second-order valence-electron chi connectivity index (χ2n) is 5.90. The number of rotatable bonds is 7. The minimum absolute atomic E-state index is 0.119. The van der Waals surface area contributed by atoms with Gasteiger partial charge < -0.3 is 13.7 Å². The van der Waals surface area contributed by atoms with Gasteiger partial charge >= 0.3 is 0 Å². The summed E-state index contributed by atoms with van der Waals surface area (Å²) in [6.45, 7) is 1.70. The van der Waals surface area contributed by atoms with Crippen molar-refractivity contribution in [1.29, 1.82) is 0 Å². The zero-order valence-electron chi connectivity index (χ0n) is 15.1. The minimum atomic E-state index is -0.603. The number of thioether (sulfide) groups is 1. The van der Waals surface area contributed by atoms with Crippen LogP contribution in [0.25, 0.3) is 11.4 Å². The number of halogens is 2. The van der Waals surface area contributed by atoms with Crippen molar-refractivity contribution in [3.8, 4) is 17.1 Å². The number of ether oxygens (including phenoxy) is 1. The first-order valence-electron chi connectivity index (χ1n) is 8.54. The maximum absolute atomic E-state index is 13.7. The van der Waals surface area contributed by atoms with Gasteiger partial charge in [0, 0.05) is 10.6 Å². The molecule has 148 valence electrons. The van der Waals surface area contributed by atoms with Gasteiger partial charge in [0.25, 0.3) is 11.1 Å². The van der Waals surface area contributed by atoms with E-state index in [0.717, 1.165) is 5.56 Å². The van der Waals surface area contributed by atoms with Crippen LogP contribution in [-0.2, 0) is 5.75 Å². The lowest BCUT2D eigenvalue weighted by Gasteiger charge is -2.11. The predicted molar refractivity (Wildman–Crippen MR) is 104 cm³/mol. The topological polar surface area (TPSA) is 87.1 Å². The van der Waals surface area contributed by atoms with E-state index in [9.17, 15) is 4.39 Å². The lowest BCUT2D eigenvalue weighted by molar-refractivity contribution is 0.174. The summed E-state index contributed by atoms with van der Waals surface area (Å²) in [5.74, 6) is 1.13. The van der Waals surface area contributed by atoms with Crippen LogP contribution in [-0.4, -0.2) is 20.3 Å². The Morgan fingerprint density at radius 2 is 1.93 bits per heavy atom. The molecule has 0 aliphatic carbocycles. The molecule has 0 bridgehead atoms. The molecule has 7 nitrogen and oxygen atoms in total. The third-order valence-electron chi connectivity index (χ3n) is 3.80. The van der Waals surface area contributed by atoms with E-state index in [1.807, 2.05) is 12.1 Å². The first kappa shape index (κ1) is 19.4. The molecule has 0 aliphatic heterocycles. The van der Waals surface area contributed by atoms with Gasteiger partial charge in [-0.3, -0.25) is 0 Å². The Hall–Kier alpha value is -2.91. The Morgan fingerprint density at radius 3 is 2.72 bits per heavy atom. The summed E-state index contributed by atoms with van der Waals surface area (Å²) in [6.07, 6.45) is -0.603. The van der Waals surface area contributed by atoms with Gasteiger partial charge in [-0.1, -0.05) is 40.7 Å². The fraction of sp³-hybridized carbons (Fsp3) is 0.158.